The van der Waals surface area contributed by atoms with Crippen molar-refractivity contribution in [1.29, 1.82) is 0 Å². The first-order valence-corrected chi connectivity index (χ1v) is 7.31. The van der Waals surface area contributed by atoms with E-state index in [1.807, 2.05) is 12.1 Å². The standard InChI is InChI=1S/C16H27NO3/c1-13(2)17-12-14-7-8-15(16(11-14)19-3)20-10-6-4-5-9-18/h7-8,11,13,17-18H,4-6,9-10,12H2,1-3H3. The Kier molecular flexibility index (Phi) is 8.07. The van der Waals surface area contributed by atoms with E-state index in [0.717, 1.165) is 37.3 Å². The molecule has 20 heavy (non-hydrogen) atoms. The second-order valence-electron chi connectivity index (χ2n) is 5.15. The summed E-state index contributed by atoms with van der Waals surface area (Å²) in [6.45, 7) is 5.98. The van der Waals surface area contributed by atoms with Gasteiger partial charge in [-0.05, 0) is 37.0 Å². The van der Waals surface area contributed by atoms with Crippen LogP contribution in [0.3, 0.4) is 0 Å². The molecule has 114 valence electrons. The van der Waals surface area contributed by atoms with E-state index in [4.69, 9.17) is 14.6 Å². The van der Waals surface area contributed by atoms with Crippen molar-refractivity contribution in [2.75, 3.05) is 20.3 Å². The van der Waals surface area contributed by atoms with E-state index in [0.29, 0.717) is 12.6 Å². The predicted molar refractivity (Wildman–Crippen MR) is 81.4 cm³/mol. The van der Waals surface area contributed by atoms with Gasteiger partial charge in [-0.25, -0.2) is 0 Å². The molecule has 1 aromatic rings. The third-order valence-corrected chi connectivity index (χ3v) is 3.00. The van der Waals surface area contributed by atoms with Crippen molar-refractivity contribution in [2.45, 2.75) is 45.7 Å². The van der Waals surface area contributed by atoms with Crippen LogP contribution in [0.5, 0.6) is 11.5 Å². The maximum absolute atomic E-state index is 8.72. The molecule has 0 aliphatic carbocycles. The van der Waals surface area contributed by atoms with E-state index in [2.05, 4.69) is 25.2 Å². The van der Waals surface area contributed by atoms with E-state index in [1.165, 1.54) is 5.56 Å². The third kappa shape index (κ3) is 6.26. The summed E-state index contributed by atoms with van der Waals surface area (Å²) in [6.07, 6.45) is 2.76. The van der Waals surface area contributed by atoms with E-state index in [1.54, 1.807) is 7.11 Å². The van der Waals surface area contributed by atoms with Gasteiger partial charge in [-0.1, -0.05) is 19.9 Å². The van der Waals surface area contributed by atoms with Crippen LogP contribution in [0.25, 0.3) is 0 Å². The smallest absolute Gasteiger partial charge is 0.161 e. The van der Waals surface area contributed by atoms with Crippen molar-refractivity contribution in [2.24, 2.45) is 0 Å². The molecule has 1 rings (SSSR count). The molecule has 2 N–H and O–H groups in total. The SMILES string of the molecule is COc1cc(CNC(C)C)ccc1OCCCCCO. The van der Waals surface area contributed by atoms with Crippen LogP contribution in [-0.2, 0) is 6.54 Å². The van der Waals surface area contributed by atoms with Crippen molar-refractivity contribution >= 4 is 0 Å². The molecule has 0 bridgehead atoms. The highest BCUT2D eigenvalue weighted by Gasteiger charge is 2.06. The maximum atomic E-state index is 8.72. The Morgan fingerprint density at radius 2 is 1.95 bits per heavy atom. The molecule has 0 radical (unpaired) electrons. The fourth-order valence-electron chi connectivity index (χ4n) is 1.84. The number of rotatable bonds is 10. The number of unbranched alkanes of at least 4 members (excludes halogenated alkanes) is 2. The molecule has 1 aromatic carbocycles. The first-order chi connectivity index (χ1) is 9.67. The summed E-state index contributed by atoms with van der Waals surface area (Å²) < 4.78 is 11.1. The first-order valence-electron chi connectivity index (χ1n) is 7.31. The zero-order valence-electron chi connectivity index (χ0n) is 12.8. The number of nitrogens with one attached hydrogen (secondary N) is 1. The molecule has 0 saturated heterocycles. The number of hydrogen-bond donors (Lipinski definition) is 2. The number of aliphatic hydroxyl groups excluding tert-OH is 1. The van der Waals surface area contributed by atoms with Crippen LogP contribution in [0, 0.1) is 0 Å². The van der Waals surface area contributed by atoms with Crippen LogP contribution in [0.1, 0.15) is 38.7 Å². The summed E-state index contributed by atoms with van der Waals surface area (Å²) in [5.41, 5.74) is 1.18. The Balaban J connectivity index is 2.50. The largest absolute Gasteiger partial charge is 0.493 e. The van der Waals surface area contributed by atoms with Crippen LogP contribution >= 0.6 is 0 Å². The van der Waals surface area contributed by atoms with Crippen LogP contribution in [-0.4, -0.2) is 31.5 Å². The normalized spacial score (nSPS) is 10.8. The molecule has 4 heteroatoms. The van der Waals surface area contributed by atoms with Gasteiger partial charge in [-0.2, -0.15) is 0 Å². The van der Waals surface area contributed by atoms with Gasteiger partial charge >= 0.3 is 0 Å². The van der Waals surface area contributed by atoms with Crippen LogP contribution < -0.4 is 14.8 Å². The van der Waals surface area contributed by atoms with Gasteiger partial charge in [0.05, 0.1) is 13.7 Å². The second kappa shape index (κ2) is 9.61. The van der Waals surface area contributed by atoms with Crippen molar-refractivity contribution in [1.82, 2.24) is 5.32 Å². The Bertz CT molecular complexity index is 380. The molecular weight excluding hydrogens is 254 g/mol. The van der Waals surface area contributed by atoms with Crippen LogP contribution in [0.15, 0.2) is 18.2 Å². The van der Waals surface area contributed by atoms with Crippen LogP contribution in [0.4, 0.5) is 0 Å². The van der Waals surface area contributed by atoms with Crippen LogP contribution in [0.2, 0.25) is 0 Å². The lowest BCUT2D eigenvalue weighted by Crippen LogP contribution is -2.21. The minimum absolute atomic E-state index is 0.251. The Morgan fingerprint density at radius 3 is 2.60 bits per heavy atom. The van der Waals surface area contributed by atoms with Gasteiger partial charge in [-0.15, -0.1) is 0 Å². The van der Waals surface area contributed by atoms with Gasteiger partial charge in [0.25, 0.3) is 0 Å². The molecule has 0 saturated carbocycles. The molecule has 0 spiro atoms. The lowest BCUT2D eigenvalue weighted by atomic mass is 10.2. The quantitative estimate of drug-likeness (QED) is 0.648. The van der Waals surface area contributed by atoms with Crippen molar-refractivity contribution in [3.8, 4) is 11.5 Å². The summed E-state index contributed by atoms with van der Waals surface area (Å²) in [4.78, 5) is 0. The number of aliphatic hydroxyl groups is 1. The highest BCUT2D eigenvalue weighted by molar-refractivity contribution is 5.42. The summed E-state index contributed by atoms with van der Waals surface area (Å²) in [6, 6.07) is 6.49. The summed E-state index contributed by atoms with van der Waals surface area (Å²) in [7, 11) is 1.66. The van der Waals surface area contributed by atoms with Crippen molar-refractivity contribution in [3.05, 3.63) is 23.8 Å². The molecule has 0 amide bonds. The van der Waals surface area contributed by atoms with E-state index < -0.39 is 0 Å². The Hall–Kier alpha value is -1.26. The van der Waals surface area contributed by atoms with Crippen molar-refractivity contribution < 1.29 is 14.6 Å². The summed E-state index contributed by atoms with van der Waals surface area (Å²) >= 11 is 0. The van der Waals surface area contributed by atoms with Gasteiger partial charge in [0, 0.05) is 19.2 Å². The minimum atomic E-state index is 0.251. The van der Waals surface area contributed by atoms with Crippen molar-refractivity contribution in [3.63, 3.8) is 0 Å². The number of ether oxygens (including phenoxy) is 2. The summed E-state index contributed by atoms with van der Waals surface area (Å²) in [5, 5.41) is 12.1. The fraction of sp³-hybridized carbons (Fsp3) is 0.625. The van der Waals surface area contributed by atoms with Gasteiger partial charge in [-0.3, -0.25) is 0 Å². The van der Waals surface area contributed by atoms with Gasteiger partial charge < -0.3 is 19.9 Å². The van der Waals surface area contributed by atoms with Gasteiger partial charge in [0.2, 0.25) is 0 Å². The molecule has 0 fully saturated rings. The highest BCUT2D eigenvalue weighted by atomic mass is 16.5. The maximum Gasteiger partial charge on any atom is 0.161 e. The predicted octanol–water partition coefficient (Wildman–Crippen LogP) is 2.73. The molecule has 4 nitrogen and oxygen atoms in total. The average molecular weight is 281 g/mol. The molecule has 0 aliphatic rings. The topological polar surface area (TPSA) is 50.7 Å². The molecular formula is C16H27NO3. The number of hydrogen-bond acceptors (Lipinski definition) is 4. The zero-order chi connectivity index (χ0) is 14.8. The lowest BCUT2D eigenvalue weighted by Gasteiger charge is -2.13. The minimum Gasteiger partial charge on any atom is -0.493 e. The molecule has 0 aliphatic heterocycles. The molecule has 0 atom stereocenters. The highest BCUT2D eigenvalue weighted by Crippen LogP contribution is 2.28. The summed E-state index contributed by atoms with van der Waals surface area (Å²) in [5.74, 6) is 1.56. The average Bonchev–Trinajstić information content (AvgIpc) is 2.45. The zero-order valence-corrected chi connectivity index (χ0v) is 12.8. The van der Waals surface area contributed by atoms with Gasteiger partial charge in [0.15, 0.2) is 11.5 Å². The third-order valence-electron chi connectivity index (χ3n) is 3.00. The Labute approximate surface area is 122 Å². The van der Waals surface area contributed by atoms with E-state index in [-0.39, 0.29) is 6.61 Å². The number of methoxy groups -OCH3 is 1. The van der Waals surface area contributed by atoms with E-state index in [9.17, 15) is 0 Å². The Morgan fingerprint density at radius 1 is 1.15 bits per heavy atom. The fourth-order valence-corrected chi connectivity index (χ4v) is 1.84. The lowest BCUT2D eigenvalue weighted by molar-refractivity contribution is 0.260. The first kappa shape index (κ1) is 16.8. The van der Waals surface area contributed by atoms with E-state index >= 15 is 0 Å². The molecule has 0 aromatic heterocycles. The van der Waals surface area contributed by atoms with Gasteiger partial charge in [0.1, 0.15) is 0 Å². The molecule has 0 heterocycles. The monoisotopic (exact) mass is 281 g/mol. The second-order valence-corrected chi connectivity index (χ2v) is 5.15. The molecule has 0 unspecified atom stereocenters. The number of benzene rings is 1.